The van der Waals surface area contributed by atoms with E-state index in [4.69, 9.17) is 9.97 Å². The molecule has 1 atom stereocenters. The van der Waals surface area contributed by atoms with E-state index in [1.807, 2.05) is 45.2 Å². The maximum absolute atomic E-state index is 4.95. The minimum atomic E-state index is 0. The predicted molar refractivity (Wildman–Crippen MR) is 128 cm³/mol. The zero-order valence-electron chi connectivity index (χ0n) is 17.9. The third-order valence-corrected chi connectivity index (χ3v) is 5.85. The van der Waals surface area contributed by atoms with Gasteiger partial charge in [0.2, 0.25) is 0 Å². The number of aromatic amines is 1. The van der Waals surface area contributed by atoms with Crippen LogP contribution in [0.15, 0.2) is 41.6 Å². The van der Waals surface area contributed by atoms with Crippen molar-refractivity contribution in [1.82, 2.24) is 15.0 Å². The Morgan fingerprint density at radius 3 is 2.86 bits per heavy atom. The lowest BCUT2D eigenvalue weighted by Gasteiger charge is -2.12. The van der Waals surface area contributed by atoms with Gasteiger partial charge in [0.1, 0.15) is 10.7 Å². The van der Waals surface area contributed by atoms with Crippen molar-refractivity contribution in [2.45, 2.75) is 47.5 Å². The Kier molecular flexibility index (Phi) is 7.03. The summed E-state index contributed by atoms with van der Waals surface area (Å²) in [5.41, 5.74) is 10.8. The number of hydrogen-bond acceptors (Lipinski definition) is 3. The van der Waals surface area contributed by atoms with Gasteiger partial charge in [-0.2, -0.15) is 0 Å². The van der Waals surface area contributed by atoms with Crippen molar-refractivity contribution in [3.63, 3.8) is 0 Å². The molecular weight excluding hydrogens is 374 g/mol. The predicted octanol–water partition coefficient (Wildman–Crippen LogP) is 7.56. The smallest absolute Gasteiger partial charge is 0.142 e. The fourth-order valence-corrected chi connectivity index (χ4v) is 4.10. The number of nitrogens with zero attached hydrogens (tertiary/aromatic N) is 2. The van der Waals surface area contributed by atoms with Crippen molar-refractivity contribution >= 4 is 23.5 Å². The molecule has 1 aliphatic carbocycles. The van der Waals surface area contributed by atoms with Crippen LogP contribution in [-0.4, -0.2) is 15.0 Å². The summed E-state index contributed by atoms with van der Waals surface area (Å²) in [6, 6.07) is 4.32. The third-order valence-electron chi connectivity index (χ3n) is 5.00. The summed E-state index contributed by atoms with van der Waals surface area (Å²) in [5.74, 6) is 0.637. The van der Waals surface area contributed by atoms with Crippen LogP contribution < -0.4 is 0 Å². The fourth-order valence-electron chi connectivity index (χ4n) is 3.25. The highest BCUT2D eigenvalue weighted by atomic mass is 32.1. The number of H-pyrrole nitrogens is 1. The first-order valence-electron chi connectivity index (χ1n) is 10.4. The summed E-state index contributed by atoms with van der Waals surface area (Å²) in [6.07, 6.45) is 12.2. The summed E-state index contributed by atoms with van der Waals surface area (Å²) < 4.78 is 0. The minimum Gasteiger partial charge on any atom is -0.360 e. The van der Waals surface area contributed by atoms with E-state index in [1.165, 1.54) is 12.0 Å². The number of fused-ring (bicyclic) bond motifs is 1. The molecule has 0 amide bonds. The largest absolute Gasteiger partial charge is 0.360 e. The van der Waals surface area contributed by atoms with E-state index in [1.54, 1.807) is 11.3 Å². The Balaban J connectivity index is 0.00000104. The number of allylic oxidation sites excluding steroid dienone is 2. The molecule has 0 bridgehead atoms. The van der Waals surface area contributed by atoms with Crippen molar-refractivity contribution in [2.24, 2.45) is 5.92 Å². The second-order valence-corrected chi connectivity index (χ2v) is 7.94. The molecule has 0 saturated carbocycles. The van der Waals surface area contributed by atoms with Crippen molar-refractivity contribution in [3.8, 4) is 22.0 Å². The number of pyridine rings is 1. The van der Waals surface area contributed by atoms with Gasteiger partial charge in [-0.15, -0.1) is 17.1 Å². The van der Waals surface area contributed by atoms with Crippen LogP contribution in [0.25, 0.3) is 34.1 Å². The molecule has 0 spiro atoms. The first kappa shape index (κ1) is 21.0. The molecule has 0 aromatic carbocycles. The minimum absolute atomic E-state index is 0. The first-order valence-corrected chi connectivity index (χ1v) is 11.3. The third kappa shape index (κ3) is 4.67. The van der Waals surface area contributed by atoms with Crippen LogP contribution in [0, 0.1) is 12.8 Å². The normalized spacial score (nSPS) is 12.9. The van der Waals surface area contributed by atoms with Gasteiger partial charge in [-0.1, -0.05) is 52.3 Å². The van der Waals surface area contributed by atoms with Crippen molar-refractivity contribution < 1.29 is 1.43 Å². The average Bonchev–Trinajstić information content (AvgIpc) is 3.32. The van der Waals surface area contributed by atoms with Crippen LogP contribution in [0.4, 0.5) is 0 Å². The highest BCUT2D eigenvalue weighted by Gasteiger charge is 2.17. The number of nitrogens with one attached hydrogen (secondary N) is 1. The molecule has 0 fully saturated rings. The molecular formula is C25H31N3S. The van der Waals surface area contributed by atoms with Gasteiger partial charge >= 0.3 is 0 Å². The van der Waals surface area contributed by atoms with E-state index in [0.29, 0.717) is 5.92 Å². The Bertz CT molecular complexity index is 1070. The topological polar surface area (TPSA) is 41.6 Å². The highest BCUT2D eigenvalue weighted by Crippen LogP contribution is 2.34. The molecule has 1 aliphatic rings. The molecule has 3 nitrogen and oxygen atoms in total. The summed E-state index contributed by atoms with van der Waals surface area (Å²) in [6.45, 7) is 10.6. The summed E-state index contributed by atoms with van der Waals surface area (Å²) >= 11 is 1.67. The lowest BCUT2D eigenvalue weighted by atomic mass is 9.97. The van der Waals surface area contributed by atoms with Gasteiger partial charge < -0.3 is 4.98 Å². The highest BCUT2D eigenvalue weighted by molar-refractivity contribution is 7.13. The number of aromatic nitrogens is 3. The van der Waals surface area contributed by atoms with Crippen LogP contribution in [0.2, 0.25) is 0 Å². The molecule has 29 heavy (non-hydrogen) atoms. The summed E-state index contributed by atoms with van der Waals surface area (Å²) in [5, 5.41) is 3.12. The Labute approximate surface area is 179 Å². The number of aryl methyl sites for hydroxylation is 1. The molecule has 1 N–H and O–H groups in total. The molecule has 3 heterocycles. The Hall–Kier alpha value is -2.68. The van der Waals surface area contributed by atoms with Crippen molar-refractivity contribution in [1.29, 1.82) is 0 Å². The first-order chi connectivity index (χ1) is 14.2. The SMILES string of the molecule is CC.CCC(C)Cc1ccc(C)nc1-c1nc(-c2c[nH]c3c2C=CC=C=C3)cs1.[HH]. The second-order valence-electron chi connectivity index (χ2n) is 7.08. The number of hydrogen-bond donors (Lipinski definition) is 1. The van der Waals surface area contributed by atoms with E-state index in [9.17, 15) is 0 Å². The molecule has 0 radical (unpaired) electrons. The maximum Gasteiger partial charge on any atom is 0.142 e. The molecule has 3 aromatic heterocycles. The number of thiazole rings is 1. The van der Waals surface area contributed by atoms with Gasteiger partial charge in [-0.05, 0) is 37.0 Å². The van der Waals surface area contributed by atoms with E-state index >= 15 is 0 Å². The Morgan fingerprint density at radius 2 is 2.07 bits per heavy atom. The average molecular weight is 406 g/mol. The fraction of sp³-hybridized carbons (Fsp3) is 0.320. The molecule has 4 rings (SSSR count). The van der Waals surface area contributed by atoms with Gasteiger partial charge in [0, 0.05) is 35.9 Å². The van der Waals surface area contributed by atoms with E-state index in [-0.39, 0.29) is 1.43 Å². The monoisotopic (exact) mass is 405 g/mol. The second kappa shape index (κ2) is 9.69. The van der Waals surface area contributed by atoms with E-state index in [0.717, 1.165) is 45.3 Å². The van der Waals surface area contributed by atoms with Gasteiger partial charge in [0.25, 0.3) is 0 Å². The molecule has 0 aliphatic heterocycles. The molecule has 1 unspecified atom stereocenters. The van der Waals surface area contributed by atoms with Gasteiger partial charge in [-0.3, -0.25) is 4.98 Å². The van der Waals surface area contributed by atoms with Gasteiger partial charge in [-0.25, -0.2) is 4.98 Å². The quantitative estimate of drug-likeness (QED) is 0.445. The maximum atomic E-state index is 4.95. The molecule has 152 valence electrons. The molecule has 3 aromatic rings. The zero-order valence-corrected chi connectivity index (χ0v) is 18.7. The van der Waals surface area contributed by atoms with Crippen LogP contribution in [0.5, 0.6) is 0 Å². The van der Waals surface area contributed by atoms with Gasteiger partial charge in [0.15, 0.2) is 0 Å². The van der Waals surface area contributed by atoms with Crippen LogP contribution in [-0.2, 0) is 6.42 Å². The lowest BCUT2D eigenvalue weighted by molar-refractivity contribution is 0.560. The summed E-state index contributed by atoms with van der Waals surface area (Å²) in [7, 11) is 0. The van der Waals surface area contributed by atoms with E-state index < -0.39 is 0 Å². The van der Waals surface area contributed by atoms with Crippen molar-refractivity contribution in [2.75, 3.05) is 0 Å². The lowest BCUT2D eigenvalue weighted by Crippen LogP contribution is -2.02. The van der Waals surface area contributed by atoms with Crippen LogP contribution in [0.1, 0.15) is 58.1 Å². The number of rotatable bonds is 5. The zero-order chi connectivity index (χ0) is 20.8. The summed E-state index contributed by atoms with van der Waals surface area (Å²) in [4.78, 5) is 13.1. The van der Waals surface area contributed by atoms with Crippen molar-refractivity contribution in [3.05, 3.63) is 64.1 Å². The van der Waals surface area contributed by atoms with Crippen LogP contribution >= 0.6 is 11.3 Å². The molecule has 4 heteroatoms. The van der Waals surface area contributed by atoms with E-state index in [2.05, 4.69) is 48.2 Å². The molecule has 0 saturated heterocycles. The van der Waals surface area contributed by atoms with Crippen LogP contribution in [0.3, 0.4) is 0 Å². The Morgan fingerprint density at radius 1 is 1.24 bits per heavy atom. The van der Waals surface area contributed by atoms with Gasteiger partial charge in [0.05, 0.1) is 11.4 Å². The standard InChI is InChI=1S/C23H23N3S.C2H6.H2/c1-4-15(2)12-17-11-10-16(3)25-22(17)23-26-21(14-27-23)19-13-24-20-9-7-5-6-8-18(19)20;1-2;/h5-6,8-11,13-15,24H,4,12H2,1-3H3;1-2H3;1H.